The van der Waals surface area contributed by atoms with Crippen molar-refractivity contribution in [2.75, 3.05) is 20.3 Å². The number of carbonyl (C=O) groups excluding carboxylic acids is 2. The number of hydrogen-bond donors (Lipinski definition) is 0. The van der Waals surface area contributed by atoms with Crippen molar-refractivity contribution in [2.45, 2.75) is 31.0 Å². The van der Waals surface area contributed by atoms with E-state index in [4.69, 9.17) is 4.74 Å². The third-order valence-electron chi connectivity index (χ3n) is 3.26. The summed E-state index contributed by atoms with van der Waals surface area (Å²) >= 11 is 0. The Balaban J connectivity index is 0.00000200. The molecule has 0 N–H and O–H groups in total. The van der Waals surface area contributed by atoms with Crippen LogP contribution >= 0.6 is 0 Å². The van der Waals surface area contributed by atoms with Crippen molar-refractivity contribution in [3.8, 4) is 0 Å². The second-order valence-corrected chi connectivity index (χ2v) is 4.50. The second-order valence-electron chi connectivity index (χ2n) is 4.50. The van der Waals surface area contributed by atoms with E-state index in [0.29, 0.717) is 24.5 Å². The molecule has 0 radical (unpaired) electrons. The maximum atomic E-state index is 13.0. The smallest absolute Gasteiger partial charge is 0.542 e. The minimum atomic E-state index is -4.52. The third kappa shape index (κ3) is 3.22. The first-order valence-electron chi connectivity index (χ1n) is 5.74. The number of carboxylic acid groups (broad SMARTS) is 1. The zero-order chi connectivity index (χ0) is 14.2. The first-order valence-corrected chi connectivity index (χ1v) is 5.74. The number of carboxylic acids is 1. The molecule has 2 heterocycles. The summed E-state index contributed by atoms with van der Waals surface area (Å²) < 4.78 is 30.9. The maximum absolute atomic E-state index is 13.0. The van der Waals surface area contributed by atoms with Crippen molar-refractivity contribution in [1.29, 1.82) is 0 Å². The second kappa shape index (κ2) is 6.52. The molecule has 0 aromatic heterocycles. The number of halogens is 2. The number of carbonyl (C=O) groups is 2. The zero-order valence-corrected chi connectivity index (χ0v) is 13.2. The molecular formula is C10H13F2N2NaO5. The van der Waals surface area contributed by atoms with Crippen LogP contribution in [0.25, 0.3) is 0 Å². The Bertz CT molecular complexity index is 398. The summed E-state index contributed by atoms with van der Waals surface area (Å²) in [7, 11) is 1.48. The van der Waals surface area contributed by atoms with Gasteiger partial charge in [0, 0.05) is 13.7 Å². The van der Waals surface area contributed by atoms with Gasteiger partial charge in [0.05, 0.1) is 18.7 Å². The predicted octanol–water partition coefficient (Wildman–Crippen LogP) is -3.82. The minimum absolute atomic E-state index is 0. The normalized spacial score (nSPS) is 25.6. The van der Waals surface area contributed by atoms with Crippen LogP contribution in [0.4, 0.5) is 13.6 Å². The third-order valence-corrected chi connectivity index (χ3v) is 3.26. The molecule has 2 saturated heterocycles. The topological polar surface area (TPSA) is 82.1 Å². The fraction of sp³-hybridized carbons (Fsp3) is 0.800. The van der Waals surface area contributed by atoms with Crippen molar-refractivity contribution in [3.63, 3.8) is 0 Å². The van der Waals surface area contributed by atoms with E-state index in [1.165, 1.54) is 12.0 Å². The number of amides is 2. The Morgan fingerprint density at radius 3 is 2.70 bits per heavy atom. The minimum Gasteiger partial charge on any atom is -0.542 e. The van der Waals surface area contributed by atoms with Gasteiger partial charge in [-0.25, -0.2) is 4.79 Å². The molecule has 108 valence electrons. The first kappa shape index (κ1) is 17.6. The molecule has 2 fully saturated rings. The SMILES string of the molecule is COC[C@@H]1CC[C@@H]2CN1C(=O)N2OC(F)(F)C(=O)[O-].[Na+]. The summed E-state index contributed by atoms with van der Waals surface area (Å²) in [6, 6.07) is -1.56. The molecule has 2 atom stereocenters. The molecule has 2 aliphatic heterocycles. The number of fused-ring (bicyclic) bond motifs is 2. The van der Waals surface area contributed by atoms with Gasteiger partial charge in [0.1, 0.15) is 5.97 Å². The van der Waals surface area contributed by atoms with Crippen LogP contribution in [0.2, 0.25) is 0 Å². The fourth-order valence-corrected chi connectivity index (χ4v) is 2.36. The summed E-state index contributed by atoms with van der Waals surface area (Å²) in [5.74, 6) is -2.68. The van der Waals surface area contributed by atoms with Crippen molar-refractivity contribution >= 4 is 12.0 Å². The molecule has 10 heteroatoms. The summed E-state index contributed by atoms with van der Waals surface area (Å²) in [6.07, 6.45) is -3.49. The summed E-state index contributed by atoms with van der Waals surface area (Å²) in [4.78, 5) is 27.5. The number of piperidine rings is 1. The van der Waals surface area contributed by atoms with E-state index in [2.05, 4.69) is 4.84 Å². The number of alkyl halides is 2. The van der Waals surface area contributed by atoms with Gasteiger partial charge < -0.3 is 19.5 Å². The van der Waals surface area contributed by atoms with E-state index in [9.17, 15) is 23.5 Å². The number of rotatable bonds is 5. The van der Waals surface area contributed by atoms with Gasteiger partial charge in [0.25, 0.3) is 0 Å². The zero-order valence-electron chi connectivity index (χ0n) is 11.2. The van der Waals surface area contributed by atoms with Crippen LogP contribution in [0.3, 0.4) is 0 Å². The van der Waals surface area contributed by atoms with E-state index < -0.39 is 24.2 Å². The quantitative estimate of drug-likeness (QED) is 0.486. The number of nitrogens with zero attached hydrogens (tertiary/aromatic N) is 2. The predicted molar refractivity (Wildman–Crippen MR) is 53.7 cm³/mol. The Morgan fingerprint density at radius 2 is 2.15 bits per heavy atom. The molecule has 0 saturated carbocycles. The van der Waals surface area contributed by atoms with Gasteiger partial charge in [-0.1, -0.05) is 0 Å². The Hall–Kier alpha value is -0.480. The van der Waals surface area contributed by atoms with Gasteiger partial charge in [-0.05, 0) is 12.8 Å². The Morgan fingerprint density at radius 1 is 1.50 bits per heavy atom. The van der Waals surface area contributed by atoms with Crippen LogP contribution in [0.15, 0.2) is 0 Å². The molecule has 0 unspecified atom stereocenters. The largest absolute Gasteiger partial charge is 1.00 e. The van der Waals surface area contributed by atoms with E-state index in [-0.39, 0.29) is 42.1 Å². The summed E-state index contributed by atoms with van der Waals surface area (Å²) in [6.45, 7) is 0.513. The van der Waals surface area contributed by atoms with E-state index in [1.54, 1.807) is 0 Å². The molecule has 2 aliphatic rings. The van der Waals surface area contributed by atoms with Crippen LogP contribution < -0.4 is 34.7 Å². The number of hydrogen-bond acceptors (Lipinski definition) is 5. The molecule has 0 spiro atoms. The van der Waals surface area contributed by atoms with E-state index in [1.807, 2.05) is 0 Å². The number of methoxy groups -OCH3 is 1. The number of ether oxygens (including phenoxy) is 1. The molecular weight excluding hydrogens is 289 g/mol. The van der Waals surface area contributed by atoms with Crippen molar-refractivity contribution in [2.24, 2.45) is 0 Å². The Labute approximate surface area is 136 Å². The van der Waals surface area contributed by atoms with E-state index in [0.717, 1.165) is 0 Å². The maximum Gasteiger partial charge on any atom is 1.00 e. The van der Waals surface area contributed by atoms with Gasteiger partial charge in [-0.15, -0.1) is 0 Å². The molecule has 2 bridgehead atoms. The molecule has 0 aromatic carbocycles. The summed E-state index contributed by atoms with van der Waals surface area (Å²) in [5.41, 5.74) is 0. The van der Waals surface area contributed by atoms with Gasteiger partial charge >= 0.3 is 41.7 Å². The molecule has 20 heavy (non-hydrogen) atoms. The van der Waals surface area contributed by atoms with Gasteiger partial charge in [-0.3, -0.25) is 0 Å². The van der Waals surface area contributed by atoms with Crippen LogP contribution in [0, 0.1) is 0 Å². The standard InChI is InChI=1S/C10H14F2N2O5.Na/c1-18-5-7-3-2-6-4-13(7)9(17)14(6)19-10(11,12)8(15)16;/h6-7H,2-5H2,1H3,(H,15,16);/q;+1/p-1/t6-,7+;/m1./s1. The van der Waals surface area contributed by atoms with Crippen molar-refractivity contribution in [3.05, 3.63) is 0 Å². The van der Waals surface area contributed by atoms with Crippen molar-refractivity contribution < 1.29 is 62.6 Å². The van der Waals surface area contributed by atoms with Crippen LogP contribution in [-0.2, 0) is 14.4 Å². The van der Waals surface area contributed by atoms with Gasteiger partial charge in [0.15, 0.2) is 0 Å². The number of urea groups is 1. The van der Waals surface area contributed by atoms with E-state index >= 15 is 0 Å². The monoisotopic (exact) mass is 302 g/mol. The first-order chi connectivity index (χ1) is 8.86. The molecule has 0 aromatic rings. The van der Waals surface area contributed by atoms with Crippen LogP contribution in [-0.4, -0.2) is 60.4 Å². The average Bonchev–Trinajstić information content (AvgIpc) is 2.58. The van der Waals surface area contributed by atoms with Crippen molar-refractivity contribution in [1.82, 2.24) is 9.96 Å². The number of hydroxylamine groups is 2. The van der Waals surface area contributed by atoms with Gasteiger partial charge in [0.2, 0.25) is 0 Å². The molecule has 2 amide bonds. The van der Waals surface area contributed by atoms with Crippen LogP contribution in [0.1, 0.15) is 12.8 Å². The number of aliphatic carboxylic acids is 1. The molecule has 0 aliphatic carbocycles. The Kier molecular flexibility index (Phi) is 5.73. The van der Waals surface area contributed by atoms with Crippen LogP contribution in [0.5, 0.6) is 0 Å². The van der Waals surface area contributed by atoms with Gasteiger partial charge in [-0.2, -0.15) is 18.7 Å². The molecule has 2 rings (SSSR count). The molecule has 7 nitrogen and oxygen atoms in total. The fourth-order valence-electron chi connectivity index (χ4n) is 2.36. The average molecular weight is 302 g/mol. The summed E-state index contributed by atoms with van der Waals surface area (Å²) in [5, 5.41) is 10.7.